The van der Waals surface area contributed by atoms with E-state index >= 15 is 0 Å². The largest absolute Gasteiger partial charge is 0.399 e. The molecule has 0 heterocycles. The lowest BCUT2D eigenvalue weighted by Gasteiger charge is -2.21. The molecule has 0 aromatic heterocycles. The van der Waals surface area contributed by atoms with Crippen LogP contribution in [-0.2, 0) is 13.1 Å². The number of nitrogens with zero attached hydrogens (tertiary/aromatic N) is 1. The fourth-order valence-electron chi connectivity index (χ4n) is 2.12. The first-order valence-corrected chi connectivity index (χ1v) is 7.28. The lowest BCUT2D eigenvalue weighted by atomic mass is 10.1. The first kappa shape index (κ1) is 14.1. The molecule has 2 nitrogen and oxygen atoms in total. The molecule has 0 aliphatic heterocycles. The molecule has 2 aromatic carbocycles. The molecular weight excluding hydrogens is 300 g/mol. The van der Waals surface area contributed by atoms with Gasteiger partial charge in [-0.25, -0.2) is 0 Å². The van der Waals surface area contributed by atoms with Gasteiger partial charge in [0.15, 0.2) is 0 Å². The first-order valence-electron chi connectivity index (χ1n) is 6.48. The van der Waals surface area contributed by atoms with Gasteiger partial charge in [0, 0.05) is 23.2 Å². The number of benzene rings is 2. The Morgan fingerprint density at radius 1 is 1.00 bits per heavy atom. The third kappa shape index (κ3) is 4.37. The summed E-state index contributed by atoms with van der Waals surface area (Å²) in [4.78, 5) is 2.40. The van der Waals surface area contributed by atoms with Crippen LogP contribution in [0.15, 0.2) is 53.0 Å². The van der Waals surface area contributed by atoms with Crippen LogP contribution in [0.25, 0.3) is 0 Å². The second kappa shape index (κ2) is 6.73. The quantitative estimate of drug-likeness (QED) is 0.842. The van der Waals surface area contributed by atoms with Crippen molar-refractivity contribution < 1.29 is 0 Å². The van der Waals surface area contributed by atoms with Crippen LogP contribution in [0.2, 0.25) is 0 Å². The summed E-state index contributed by atoms with van der Waals surface area (Å²) in [6.07, 6.45) is 0. The minimum Gasteiger partial charge on any atom is -0.399 e. The highest BCUT2D eigenvalue weighted by molar-refractivity contribution is 9.10. The van der Waals surface area contributed by atoms with Crippen LogP contribution in [0.5, 0.6) is 0 Å². The van der Waals surface area contributed by atoms with E-state index in [0.29, 0.717) is 0 Å². The fourth-order valence-corrected chi connectivity index (χ4v) is 2.57. The number of anilines is 1. The highest BCUT2D eigenvalue weighted by Crippen LogP contribution is 2.15. The Labute approximate surface area is 123 Å². The molecule has 3 heteroatoms. The Morgan fingerprint density at radius 3 is 2.21 bits per heavy atom. The van der Waals surface area contributed by atoms with Gasteiger partial charge < -0.3 is 5.73 Å². The molecule has 0 aliphatic rings. The molecule has 19 heavy (non-hydrogen) atoms. The molecule has 0 aliphatic carbocycles. The zero-order valence-electron chi connectivity index (χ0n) is 11.1. The minimum absolute atomic E-state index is 0.830. The molecule has 0 radical (unpaired) electrons. The SMILES string of the molecule is CCN(Cc1cccc(N)c1)Cc1cccc(Br)c1. The van der Waals surface area contributed by atoms with Crippen LogP contribution in [0.3, 0.4) is 0 Å². The summed E-state index contributed by atoms with van der Waals surface area (Å²) in [6, 6.07) is 16.6. The number of halogens is 1. The third-order valence-electron chi connectivity index (χ3n) is 3.10. The molecule has 2 aromatic rings. The van der Waals surface area contributed by atoms with Crippen molar-refractivity contribution in [2.75, 3.05) is 12.3 Å². The van der Waals surface area contributed by atoms with Crippen molar-refractivity contribution in [3.63, 3.8) is 0 Å². The summed E-state index contributed by atoms with van der Waals surface area (Å²) in [5, 5.41) is 0. The Bertz CT molecular complexity index is 492. The van der Waals surface area contributed by atoms with Gasteiger partial charge >= 0.3 is 0 Å². The van der Waals surface area contributed by atoms with Crippen molar-refractivity contribution in [2.45, 2.75) is 20.0 Å². The molecule has 0 atom stereocenters. The molecule has 100 valence electrons. The van der Waals surface area contributed by atoms with Crippen LogP contribution in [0, 0.1) is 0 Å². The average Bonchev–Trinajstić information content (AvgIpc) is 2.38. The number of rotatable bonds is 5. The number of nitrogen functional groups attached to an aromatic ring is 1. The van der Waals surface area contributed by atoms with Crippen molar-refractivity contribution >= 4 is 21.6 Å². The second-order valence-corrected chi connectivity index (χ2v) is 5.59. The summed E-state index contributed by atoms with van der Waals surface area (Å²) in [5.41, 5.74) is 9.23. The van der Waals surface area contributed by atoms with Crippen LogP contribution in [0.1, 0.15) is 18.1 Å². The van der Waals surface area contributed by atoms with E-state index in [4.69, 9.17) is 5.73 Å². The van der Waals surface area contributed by atoms with Gasteiger partial charge in [0.1, 0.15) is 0 Å². The summed E-state index contributed by atoms with van der Waals surface area (Å²) < 4.78 is 1.13. The third-order valence-corrected chi connectivity index (χ3v) is 3.59. The highest BCUT2D eigenvalue weighted by Gasteiger charge is 2.05. The maximum Gasteiger partial charge on any atom is 0.0317 e. The van der Waals surface area contributed by atoms with E-state index in [0.717, 1.165) is 29.8 Å². The lowest BCUT2D eigenvalue weighted by molar-refractivity contribution is 0.271. The van der Waals surface area contributed by atoms with Crippen molar-refractivity contribution in [1.82, 2.24) is 4.90 Å². The zero-order chi connectivity index (χ0) is 13.7. The minimum atomic E-state index is 0.830. The predicted molar refractivity (Wildman–Crippen MR) is 84.8 cm³/mol. The lowest BCUT2D eigenvalue weighted by Crippen LogP contribution is -2.22. The van der Waals surface area contributed by atoms with Gasteiger partial charge in [0.2, 0.25) is 0 Å². The monoisotopic (exact) mass is 318 g/mol. The summed E-state index contributed by atoms with van der Waals surface area (Å²) in [7, 11) is 0. The average molecular weight is 319 g/mol. The molecule has 2 rings (SSSR count). The van der Waals surface area contributed by atoms with E-state index in [1.54, 1.807) is 0 Å². The Balaban J connectivity index is 2.04. The predicted octanol–water partition coefficient (Wildman–Crippen LogP) is 4.05. The van der Waals surface area contributed by atoms with Gasteiger partial charge in [-0.15, -0.1) is 0 Å². The van der Waals surface area contributed by atoms with E-state index in [-0.39, 0.29) is 0 Å². The van der Waals surface area contributed by atoms with Gasteiger partial charge in [-0.1, -0.05) is 47.1 Å². The van der Waals surface area contributed by atoms with Gasteiger partial charge in [-0.3, -0.25) is 4.90 Å². The van der Waals surface area contributed by atoms with Gasteiger partial charge in [-0.2, -0.15) is 0 Å². The van der Waals surface area contributed by atoms with Crippen LogP contribution in [0.4, 0.5) is 5.69 Å². The van der Waals surface area contributed by atoms with Crippen molar-refractivity contribution in [2.24, 2.45) is 0 Å². The van der Waals surface area contributed by atoms with E-state index in [9.17, 15) is 0 Å². The second-order valence-electron chi connectivity index (χ2n) is 4.68. The maximum absolute atomic E-state index is 5.82. The highest BCUT2D eigenvalue weighted by atomic mass is 79.9. The normalized spacial score (nSPS) is 10.9. The van der Waals surface area contributed by atoms with Crippen molar-refractivity contribution in [3.05, 3.63) is 64.1 Å². The topological polar surface area (TPSA) is 29.3 Å². The first-order chi connectivity index (χ1) is 9.17. The Kier molecular flexibility index (Phi) is 5.00. The van der Waals surface area contributed by atoms with Crippen molar-refractivity contribution in [3.8, 4) is 0 Å². The molecule has 0 saturated carbocycles. The maximum atomic E-state index is 5.82. The van der Waals surface area contributed by atoms with E-state index in [2.05, 4.69) is 58.1 Å². The van der Waals surface area contributed by atoms with Crippen molar-refractivity contribution in [1.29, 1.82) is 0 Å². The fraction of sp³-hybridized carbons (Fsp3) is 0.250. The molecule has 0 bridgehead atoms. The van der Waals surface area contributed by atoms with E-state index < -0.39 is 0 Å². The number of hydrogen-bond acceptors (Lipinski definition) is 2. The molecule has 2 N–H and O–H groups in total. The Morgan fingerprint density at radius 2 is 1.63 bits per heavy atom. The van der Waals surface area contributed by atoms with Gasteiger partial charge in [-0.05, 0) is 41.9 Å². The summed E-state index contributed by atoms with van der Waals surface area (Å²) in [6.45, 7) is 5.07. The molecular formula is C16H19BrN2. The number of nitrogens with two attached hydrogens (primary N) is 1. The van der Waals surface area contributed by atoms with Gasteiger partial charge in [0.25, 0.3) is 0 Å². The smallest absolute Gasteiger partial charge is 0.0317 e. The van der Waals surface area contributed by atoms with E-state index in [1.165, 1.54) is 11.1 Å². The van der Waals surface area contributed by atoms with E-state index in [1.807, 2.05) is 18.2 Å². The summed E-state index contributed by atoms with van der Waals surface area (Å²) >= 11 is 3.52. The molecule has 0 saturated heterocycles. The summed E-state index contributed by atoms with van der Waals surface area (Å²) in [5.74, 6) is 0. The molecule has 0 unspecified atom stereocenters. The molecule has 0 spiro atoms. The molecule has 0 amide bonds. The molecule has 0 fully saturated rings. The van der Waals surface area contributed by atoms with Crippen LogP contribution in [-0.4, -0.2) is 11.4 Å². The standard InChI is InChI=1S/C16H19BrN2/c1-2-19(11-13-5-3-7-15(17)9-13)12-14-6-4-8-16(18)10-14/h3-10H,2,11-12,18H2,1H3. The van der Waals surface area contributed by atoms with Crippen LogP contribution < -0.4 is 5.73 Å². The zero-order valence-corrected chi connectivity index (χ0v) is 12.7. The van der Waals surface area contributed by atoms with Gasteiger partial charge in [0.05, 0.1) is 0 Å². The Hall–Kier alpha value is -1.32. The van der Waals surface area contributed by atoms with Crippen LogP contribution >= 0.6 is 15.9 Å². The number of hydrogen-bond donors (Lipinski definition) is 1.